The van der Waals surface area contributed by atoms with Gasteiger partial charge in [0.05, 0.1) is 40.9 Å². The summed E-state index contributed by atoms with van der Waals surface area (Å²) in [7, 11) is 1.19. The molecule has 0 saturated heterocycles. The highest BCUT2D eigenvalue weighted by atomic mass is 35.5. The zero-order chi connectivity index (χ0) is 18.7. The fourth-order valence-electron chi connectivity index (χ4n) is 3.15. The molecule has 0 unspecified atom stereocenters. The van der Waals surface area contributed by atoms with E-state index >= 15 is 0 Å². The van der Waals surface area contributed by atoms with Crippen LogP contribution in [0, 0.1) is 10.1 Å². The zero-order valence-electron chi connectivity index (χ0n) is 14.3. The predicted octanol–water partition coefficient (Wildman–Crippen LogP) is 3.96. The van der Waals surface area contributed by atoms with Crippen molar-refractivity contribution in [3.8, 4) is 0 Å². The average molecular weight is 379 g/mol. The Labute approximate surface area is 155 Å². The Morgan fingerprint density at radius 2 is 2.19 bits per heavy atom. The van der Waals surface area contributed by atoms with Gasteiger partial charge in [0, 0.05) is 12.3 Å². The fourth-order valence-corrected chi connectivity index (χ4v) is 3.39. The lowest BCUT2D eigenvalue weighted by Crippen LogP contribution is -2.09. The highest BCUT2D eigenvalue weighted by Gasteiger charge is 2.22. The quantitative estimate of drug-likeness (QED) is 0.464. The molecule has 0 amide bonds. The fraction of sp³-hybridized carbons (Fsp3) is 0.412. The van der Waals surface area contributed by atoms with E-state index in [1.165, 1.54) is 26.0 Å². The Balaban J connectivity index is 1.77. The second-order valence-electron chi connectivity index (χ2n) is 6.18. The number of nitro groups is 1. The van der Waals surface area contributed by atoms with Crippen LogP contribution in [0.3, 0.4) is 0 Å². The number of esters is 1. The largest absolute Gasteiger partial charge is 0.465 e. The Hall–Kier alpha value is -2.61. The van der Waals surface area contributed by atoms with Crippen molar-refractivity contribution in [2.75, 3.05) is 12.4 Å². The number of hydrogen-bond donors (Lipinski definition) is 1. The first-order valence-corrected chi connectivity index (χ1v) is 8.71. The van der Waals surface area contributed by atoms with Crippen LogP contribution in [-0.2, 0) is 11.3 Å². The molecule has 8 nitrogen and oxygen atoms in total. The Bertz CT molecular complexity index is 830. The van der Waals surface area contributed by atoms with Crippen molar-refractivity contribution in [2.24, 2.45) is 0 Å². The van der Waals surface area contributed by atoms with Crippen molar-refractivity contribution in [1.82, 2.24) is 9.78 Å². The molecule has 1 aliphatic carbocycles. The van der Waals surface area contributed by atoms with Crippen LogP contribution in [0.25, 0.3) is 0 Å². The van der Waals surface area contributed by atoms with Gasteiger partial charge in [-0.05, 0) is 25.0 Å². The van der Waals surface area contributed by atoms with E-state index < -0.39 is 10.9 Å². The number of nitro benzene ring substituents is 1. The van der Waals surface area contributed by atoms with E-state index in [0.717, 1.165) is 24.6 Å². The second-order valence-corrected chi connectivity index (χ2v) is 6.58. The molecule has 0 aliphatic heterocycles. The van der Waals surface area contributed by atoms with Crippen molar-refractivity contribution in [3.63, 3.8) is 0 Å². The molecular formula is C17H19ClN4O4. The maximum absolute atomic E-state index is 11.7. The van der Waals surface area contributed by atoms with Crippen LogP contribution < -0.4 is 5.32 Å². The van der Waals surface area contributed by atoms with E-state index in [9.17, 15) is 14.9 Å². The van der Waals surface area contributed by atoms with Crippen LogP contribution >= 0.6 is 11.6 Å². The molecule has 9 heteroatoms. The summed E-state index contributed by atoms with van der Waals surface area (Å²) in [5.41, 5.74) is 0.712. The van der Waals surface area contributed by atoms with Crippen LogP contribution in [0.4, 0.5) is 11.4 Å². The van der Waals surface area contributed by atoms with Crippen LogP contribution in [0.1, 0.15) is 47.8 Å². The number of methoxy groups -OCH3 is 1. The van der Waals surface area contributed by atoms with Gasteiger partial charge >= 0.3 is 5.97 Å². The maximum Gasteiger partial charge on any atom is 0.339 e. The third-order valence-electron chi connectivity index (χ3n) is 4.51. The molecule has 1 aromatic carbocycles. The third kappa shape index (κ3) is 3.80. The van der Waals surface area contributed by atoms with Gasteiger partial charge in [0.2, 0.25) is 0 Å². The predicted molar refractivity (Wildman–Crippen MR) is 96.5 cm³/mol. The minimum absolute atomic E-state index is 0.0445. The minimum atomic E-state index is -0.722. The molecule has 3 rings (SSSR count). The first-order chi connectivity index (χ1) is 12.5. The number of carbonyl (C=O) groups is 1. The van der Waals surface area contributed by atoms with E-state index in [-0.39, 0.29) is 22.0 Å². The molecule has 26 heavy (non-hydrogen) atoms. The molecule has 0 spiro atoms. The summed E-state index contributed by atoms with van der Waals surface area (Å²) in [4.78, 5) is 22.4. The summed E-state index contributed by atoms with van der Waals surface area (Å²) in [5.74, 6) is -0.722. The molecule has 0 atom stereocenters. The van der Waals surface area contributed by atoms with Crippen LogP contribution in [0.15, 0.2) is 24.4 Å². The molecular weight excluding hydrogens is 360 g/mol. The van der Waals surface area contributed by atoms with Crippen molar-refractivity contribution in [2.45, 2.75) is 38.3 Å². The van der Waals surface area contributed by atoms with E-state index in [2.05, 4.69) is 15.2 Å². The van der Waals surface area contributed by atoms with Gasteiger partial charge < -0.3 is 10.1 Å². The molecule has 1 saturated carbocycles. The molecule has 0 bridgehead atoms. The highest BCUT2D eigenvalue weighted by molar-refractivity contribution is 6.34. The number of nitrogens with one attached hydrogen (secondary N) is 1. The van der Waals surface area contributed by atoms with E-state index in [0.29, 0.717) is 12.6 Å². The van der Waals surface area contributed by atoms with Crippen molar-refractivity contribution in [1.29, 1.82) is 0 Å². The summed E-state index contributed by atoms with van der Waals surface area (Å²) in [6.45, 7) is 0.314. The molecule has 1 N–H and O–H groups in total. The van der Waals surface area contributed by atoms with E-state index in [1.54, 1.807) is 0 Å². The normalized spacial score (nSPS) is 14.4. The Kier molecular flexibility index (Phi) is 5.41. The van der Waals surface area contributed by atoms with Gasteiger partial charge in [0.1, 0.15) is 5.69 Å². The number of hydrogen-bond acceptors (Lipinski definition) is 6. The number of ether oxygens (including phenoxy) is 1. The molecule has 1 aromatic heterocycles. The third-order valence-corrected chi connectivity index (χ3v) is 4.82. The van der Waals surface area contributed by atoms with Gasteiger partial charge in [-0.15, -0.1) is 0 Å². The van der Waals surface area contributed by atoms with Crippen molar-refractivity contribution in [3.05, 3.63) is 50.8 Å². The second kappa shape index (κ2) is 7.74. The lowest BCUT2D eigenvalue weighted by Gasteiger charge is -2.10. The van der Waals surface area contributed by atoms with Crippen LogP contribution in [-0.4, -0.2) is 27.8 Å². The summed E-state index contributed by atoms with van der Waals surface area (Å²) in [6, 6.07) is 4.81. The van der Waals surface area contributed by atoms with Gasteiger partial charge in [0.15, 0.2) is 0 Å². The summed E-state index contributed by atoms with van der Waals surface area (Å²) < 4.78 is 6.56. The lowest BCUT2D eigenvalue weighted by atomic mass is 10.1. The zero-order valence-corrected chi connectivity index (χ0v) is 15.0. The molecule has 2 aromatic rings. The number of benzene rings is 1. The maximum atomic E-state index is 11.7. The molecule has 1 aliphatic rings. The van der Waals surface area contributed by atoms with Gasteiger partial charge in [-0.2, -0.15) is 5.10 Å². The van der Waals surface area contributed by atoms with Gasteiger partial charge in [-0.1, -0.05) is 24.4 Å². The number of rotatable bonds is 6. The number of carbonyl (C=O) groups excluding carboxylic acids is 1. The molecule has 1 heterocycles. The monoisotopic (exact) mass is 378 g/mol. The average Bonchev–Trinajstić information content (AvgIpc) is 3.30. The first kappa shape index (κ1) is 18.2. The first-order valence-electron chi connectivity index (χ1n) is 8.33. The number of nitrogens with zero attached hydrogens (tertiary/aromatic N) is 3. The Morgan fingerprint density at radius 3 is 2.85 bits per heavy atom. The molecule has 138 valence electrons. The number of anilines is 1. The number of aromatic nitrogens is 2. The Morgan fingerprint density at radius 1 is 1.46 bits per heavy atom. The molecule has 1 fully saturated rings. The summed E-state index contributed by atoms with van der Waals surface area (Å²) in [6.07, 6.45) is 6.63. The highest BCUT2D eigenvalue weighted by Crippen LogP contribution is 2.32. The van der Waals surface area contributed by atoms with Gasteiger partial charge in [-0.25, -0.2) is 4.79 Å². The van der Waals surface area contributed by atoms with Crippen LogP contribution in [0.2, 0.25) is 5.02 Å². The van der Waals surface area contributed by atoms with Crippen molar-refractivity contribution >= 4 is 28.9 Å². The minimum Gasteiger partial charge on any atom is -0.465 e. The standard InChI is InChI=1S/C17H19ClN4O4/c1-26-17(23)13-8-16(22(24)25)15(9-14(13)18)19-10-11-6-7-21(20-11)12-4-2-3-5-12/h6-9,12,19H,2-5,10H2,1H3. The van der Waals surface area contributed by atoms with Gasteiger partial charge in [-0.3, -0.25) is 14.8 Å². The topological polar surface area (TPSA) is 99.3 Å². The number of halogens is 1. The summed E-state index contributed by atoms with van der Waals surface area (Å²) >= 11 is 6.07. The van der Waals surface area contributed by atoms with Crippen LogP contribution in [0.5, 0.6) is 0 Å². The van der Waals surface area contributed by atoms with Crippen molar-refractivity contribution < 1.29 is 14.5 Å². The SMILES string of the molecule is COC(=O)c1cc([N+](=O)[O-])c(NCc2ccn(C3CCCC3)n2)cc1Cl. The smallest absolute Gasteiger partial charge is 0.339 e. The van der Waals surface area contributed by atoms with Gasteiger partial charge in [0.25, 0.3) is 5.69 Å². The van der Waals surface area contributed by atoms with E-state index in [4.69, 9.17) is 11.6 Å². The van der Waals surface area contributed by atoms with E-state index in [1.807, 2.05) is 16.9 Å². The lowest BCUT2D eigenvalue weighted by molar-refractivity contribution is -0.384. The summed E-state index contributed by atoms with van der Waals surface area (Å²) in [5, 5.41) is 18.9. The molecule has 0 radical (unpaired) electrons.